The zero-order valence-corrected chi connectivity index (χ0v) is 15.7. The van der Waals surface area contributed by atoms with E-state index in [1.54, 1.807) is 12.1 Å². The molecule has 12 heteroatoms. The number of fused-ring (bicyclic) bond motifs is 1. The van der Waals surface area contributed by atoms with E-state index < -0.39 is 23.0 Å². The first-order chi connectivity index (χ1) is 14.4. The number of H-pyrrole nitrogens is 1. The molecule has 3 aromatic heterocycles. The lowest BCUT2D eigenvalue weighted by Gasteiger charge is -2.11. The van der Waals surface area contributed by atoms with Gasteiger partial charge in [0, 0.05) is 18.0 Å². The van der Waals surface area contributed by atoms with Crippen molar-refractivity contribution in [2.45, 2.75) is 10.9 Å². The zero-order chi connectivity index (χ0) is 21.3. The number of hydrogen-bond acceptors (Lipinski definition) is 6. The van der Waals surface area contributed by atoms with E-state index >= 15 is 0 Å². The molecule has 0 aliphatic rings. The van der Waals surface area contributed by atoms with Gasteiger partial charge in [-0.05, 0) is 11.1 Å². The summed E-state index contributed by atoms with van der Waals surface area (Å²) in [5.41, 5.74) is -0.454. The molecule has 0 aliphatic carbocycles. The number of rotatable bonds is 5. The van der Waals surface area contributed by atoms with Gasteiger partial charge in [0.2, 0.25) is 0 Å². The Morgan fingerprint density at radius 2 is 1.93 bits per heavy atom. The number of nitrogens with one attached hydrogen (secondary N) is 1. The van der Waals surface area contributed by atoms with Crippen molar-refractivity contribution in [2.75, 3.05) is 0 Å². The number of hydrogen-bond donors (Lipinski definition) is 1. The summed E-state index contributed by atoms with van der Waals surface area (Å²) in [6.07, 6.45) is 2.03. The van der Waals surface area contributed by atoms with E-state index in [1.807, 2.05) is 0 Å². The van der Waals surface area contributed by atoms with Gasteiger partial charge in [-0.1, -0.05) is 36.0 Å². The standard InChI is InChI=1S/C18H11F3N6O2S/c19-12-6-24-27-16(12)17(29)26(14-7-23-15(28)8-22-14)18(25-27)30-9-11-3-1-10(2-4-11)5-13(20)21/h1-8H,9H2,(H,23,28). The molecule has 4 rings (SSSR count). The van der Waals surface area contributed by atoms with Crippen LogP contribution in [-0.2, 0) is 5.75 Å². The molecule has 152 valence electrons. The van der Waals surface area contributed by atoms with Gasteiger partial charge in [0.05, 0.1) is 12.4 Å². The van der Waals surface area contributed by atoms with Crippen LogP contribution in [0.4, 0.5) is 13.2 Å². The molecule has 8 nitrogen and oxygen atoms in total. The highest BCUT2D eigenvalue weighted by atomic mass is 32.2. The van der Waals surface area contributed by atoms with Crippen molar-refractivity contribution in [3.8, 4) is 5.82 Å². The highest BCUT2D eigenvalue weighted by Crippen LogP contribution is 2.23. The molecule has 0 aliphatic heterocycles. The highest BCUT2D eigenvalue weighted by molar-refractivity contribution is 7.98. The lowest BCUT2D eigenvalue weighted by Crippen LogP contribution is -2.26. The average Bonchev–Trinajstić information content (AvgIpc) is 3.09. The fourth-order valence-electron chi connectivity index (χ4n) is 2.64. The van der Waals surface area contributed by atoms with Crippen molar-refractivity contribution in [3.05, 3.63) is 86.6 Å². The molecular formula is C18H11F3N6O2S. The van der Waals surface area contributed by atoms with Crippen LogP contribution >= 0.6 is 11.8 Å². The molecule has 0 saturated carbocycles. The van der Waals surface area contributed by atoms with Crippen molar-refractivity contribution in [3.63, 3.8) is 0 Å². The second-order valence-corrected chi connectivity index (χ2v) is 6.93. The molecule has 0 unspecified atom stereocenters. The normalized spacial score (nSPS) is 11.0. The van der Waals surface area contributed by atoms with Crippen LogP contribution in [0.5, 0.6) is 0 Å². The van der Waals surface area contributed by atoms with Gasteiger partial charge in [0.1, 0.15) is 0 Å². The van der Waals surface area contributed by atoms with Crippen LogP contribution in [0.2, 0.25) is 0 Å². The van der Waals surface area contributed by atoms with Crippen LogP contribution in [-0.4, -0.2) is 29.4 Å². The minimum absolute atomic E-state index is 0.0524. The van der Waals surface area contributed by atoms with Crippen molar-refractivity contribution >= 4 is 23.4 Å². The van der Waals surface area contributed by atoms with E-state index in [0.29, 0.717) is 11.3 Å². The van der Waals surface area contributed by atoms with E-state index in [2.05, 4.69) is 20.2 Å². The van der Waals surface area contributed by atoms with Crippen LogP contribution in [0.3, 0.4) is 0 Å². The van der Waals surface area contributed by atoms with E-state index in [9.17, 15) is 22.8 Å². The molecule has 0 saturated heterocycles. The summed E-state index contributed by atoms with van der Waals surface area (Å²) in [6.45, 7) is 0. The molecule has 4 aromatic rings. The molecule has 30 heavy (non-hydrogen) atoms. The quantitative estimate of drug-likeness (QED) is 0.487. The van der Waals surface area contributed by atoms with Gasteiger partial charge < -0.3 is 4.98 Å². The summed E-state index contributed by atoms with van der Waals surface area (Å²) in [4.78, 5) is 30.5. The lowest BCUT2D eigenvalue weighted by molar-refractivity contribution is 0.429. The summed E-state index contributed by atoms with van der Waals surface area (Å²) >= 11 is 1.13. The third-order valence-electron chi connectivity index (χ3n) is 3.99. The first kappa shape index (κ1) is 19.6. The fourth-order valence-corrected chi connectivity index (χ4v) is 3.57. The second-order valence-electron chi connectivity index (χ2n) is 5.99. The summed E-state index contributed by atoms with van der Waals surface area (Å²) < 4.78 is 40.6. The summed E-state index contributed by atoms with van der Waals surface area (Å²) in [7, 11) is 0. The first-order valence-electron chi connectivity index (χ1n) is 8.38. The van der Waals surface area contributed by atoms with Crippen LogP contribution < -0.4 is 11.1 Å². The molecule has 1 aromatic carbocycles. The Labute approximate surface area is 169 Å². The Morgan fingerprint density at radius 1 is 1.17 bits per heavy atom. The average molecular weight is 432 g/mol. The van der Waals surface area contributed by atoms with Gasteiger partial charge in [-0.25, -0.2) is 13.9 Å². The maximum atomic E-state index is 14.0. The molecule has 0 bridgehead atoms. The van der Waals surface area contributed by atoms with E-state index in [1.165, 1.54) is 18.3 Å². The Morgan fingerprint density at radius 3 is 2.60 bits per heavy atom. The molecule has 0 fully saturated rings. The lowest BCUT2D eigenvalue weighted by atomic mass is 10.1. The Hall–Kier alpha value is -3.67. The topological polar surface area (TPSA) is 97.9 Å². The largest absolute Gasteiger partial charge is 0.324 e. The second kappa shape index (κ2) is 7.99. The number of halogens is 3. The van der Waals surface area contributed by atoms with Crippen LogP contribution in [0.1, 0.15) is 11.1 Å². The van der Waals surface area contributed by atoms with Crippen LogP contribution in [0, 0.1) is 5.82 Å². The predicted molar refractivity (Wildman–Crippen MR) is 103 cm³/mol. The number of aromatic amines is 1. The molecule has 0 spiro atoms. The van der Waals surface area contributed by atoms with Gasteiger partial charge in [-0.15, -0.1) is 9.73 Å². The van der Waals surface area contributed by atoms with Crippen molar-refractivity contribution in [2.24, 2.45) is 0 Å². The molecule has 3 heterocycles. The molecule has 0 amide bonds. The minimum atomic E-state index is -1.79. The summed E-state index contributed by atoms with van der Waals surface area (Å²) in [6, 6.07) is 6.39. The van der Waals surface area contributed by atoms with E-state index in [0.717, 1.165) is 45.0 Å². The fraction of sp³-hybridized carbons (Fsp3) is 0.0556. The van der Waals surface area contributed by atoms with E-state index in [4.69, 9.17) is 0 Å². The Bertz CT molecular complexity index is 1350. The van der Waals surface area contributed by atoms with Crippen molar-refractivity contribution in [1.82, 2.24) is 29.4 Å². The number of aromatic nitrogens is 6. The zero-order valence-electron chi connectivity index (χ0n) is 14.9. The number of thioether (sulfide) groups is 1. The maximum Gasteiger partial charge on any atom is 0.289 e. The predicted octanol–water partition coefficient (Wildman–Crippen LogP) is 2.63. The van der Waals surface area contributed by atoms with Gasteiger partial charge in [0.25, 0.3) is 17.2 Å². The molecule has 1 N–H and O–H groups in total. The van der Waals surface area contributed by atoms with Gasteiger partial charge in [-0.2, -0.15) is 13.9 Å². The minimum Gasteiger partial charge on any atom is -0.324 e. The third kappa shape index (κ3) is 3.89. The first-order valence-corrected chi connectivity index (χ1v) is 9.37. The van der Waals surface area contributed by atoms with Crippen molar-refractivity contribution in [1.29, 1.82) is 0 Å². The van der Waals surface area contributed by atoms with Crippen molar-refractivity contribution < 1.29 is 13.2 Å². The monoisotopic (exact) mass is 432 g/mol. The third-order valence-corrected chi connectivity index (χ3v) is 4.99. The van der Waals surface area contributed by atoms with Gasteiger partial charge in [0.15, 0.2) is 22.3 Å². The summed E-state index contributed by atoms with van der Waals surface area (Å²) in [5, 5.41) is 8.06. The van der Waals surface area contributed by atoms with Gasteiger partial charge >= 0.3 is 0 Å². The Kier molecular flexibility index (Phi) is 5.23. The van der Waals surface area contributed by atoms with Gasteiger partial charge in [-0.3, -0.25) is 9.59 Å². The molecule has 0 radical (unpaired) electrons. The highest BCUT2D eigenvalue weighted by Gasteiger charge is 2.18. The van der Waals surface area contributed by atoms with Crippen LogP contribution in [0.15, 0.2) is 63.7 Å². The smallest absolute Gasteiger partial charge is 0.289 e. The molecule has 0 atom stereocenters. The summed E-state index contributed by atoms with van der Waals surface area (Å²) in [5.74, 6) is -0.463. The SMILES string of the molecule is O=c1cnc(-n2c(SCc3ccc(C=C(F)F)cc3)nn3ncc(F)c3c2=O)c[nH]1. The van der Waals surface area contributed by atoms with Crippen LogP contribution in [0.25, 0.3) is 17.4 Å². The number of nitrogens with zero attached hydrogens (tertiary/aromatic N) is 5. The number of benzene rings is 1. The Balaban J connectivity index is 1.73. The van der Waals surface area contributed by atoms with E-state index in [-0.39, 0.29) is 16.5 Å². The maximum absolute atomic E-state index is 14.0. The molecular weight excluding hydrogens is 421 g/mol.